The minimum absolute atomic E-state index is 0.279. The lowest BCUT2D eigenvalue weighted by atomic mass is 10.2. The van der Waals surface area contributed by atoms with E-state index in [2.05, 4.69) is 4.98 Å². The number of benzene rings is 1. The van der Waals surface area contributed by atoms with Gasteiger partial charge in [-0.2, -0.15) is 0 Å². The van der Waals surface area contributed by atoms with Gasteiger partial charge in [-0.25, -0.2) is 4.39 Å². The average molecular weight is 269 g/mol. The van der Waals surface area contributed by atoms with Crippen LogP contribution in [0.25, 0.3) is 11.0 Å². The van der Waals surface area contributed by atoms with Crippen molar-refractivity contribution >= 4 is 16.9 Å². The number of aromatic nitrogens is 2. The first-order valence-electron chi connectivity index (χ1n) is 6.14. The molecule has 4 nitrogen and oxygen atoms in total. The Morgan fingerprint density at radius 2 is 2.05 bits per heavy atom. The second-order valence-electron chi connectivity index (χ2n) is 4.50. The molecule has 2 aromatic heterocycles. The molecule has 20 heavy (non-hydrogen) atoms. The molecule has 0 saturated heterocycles. The van der Waals surface area contributed by atoms with Crippen molar-refractivity contribution in [3.05, 3.63) is 65.7 Å². The lowest BCUT2D eigenvalue weighted by Gasteiger charge is -2.06. The molecule has 0 aliphatic heterocycles. The number of hydrogen-bond donors (Lipinski definition) is 1. The lowest BCUT2D eigenvalue weighted by Crippen LogP contribution is -2.10. The molecule has 2 N–H and O–H groups in total. The summed E-state index contributed by atoms with van der Waals surface area (Å²) in [5.41, 5.74) is 7.53. The molecule has 0 fully saturated rings. The van der Waals surface area contributed by atoms with Gasteiger partial charge in [-0.3, -0.25) is 9.78 Å². The smallest absolute Gasteiger partial charge is 0.252 e. The number of nitrogens with zero attached hydrogens (tertiary/aromatic N) is 2. The third-order valence-electron chi connectivity index (χ3n) is 3.20. The Labute approximate surface area is 114 Å². The van der Waals surface area contributed by atoms with E-state index >= 15 is 0 Å². The van der Waals surface area contributed by atoms with Crippen LogP contribution in [0, 0.1) is 5.82 Å². The SMILES string of the molecule is NC(=O)c1cn(Cc2ccccc2F)c2cccnc12. The number of hydrogen-bond acceptors (Lipinski definition) is 2. The van der Waals surface area contributed by atoms with Crippen LogP contribution < -0.4 is 5.73 Å². The summed E-state index contributed by atoms with van der Waals surface area (Å²) in [6.45, 7) is 0.322. The van der Waals surface area contributed by atoms with E-state index in [1.54, 1.807) is 41.2 Å². The molecule has 0 unspecified atom stereocenters. The highest BCUT2D eigenvalue weighted by atomic mass is 19.1. The van der Waals surface area contributed by atoms with E-state index in [4.69, 9.17) is 5.73 Å². The highest BCUT2D eigenvalue weighted by molar-refractivity contribution is 6.04. The Hall–Kier alpha value is -2.69. The maximum atomic E-state index is 13.7. The minimum Gasteiger partial charge on any atom is -0.365 e. The minimum atomic E-state index is -0.541. The Morgan fingerprint density at radius 3 is 2.80 bits per heavy atom. The molecule has 0 spiro atoms. The van der Waals surface area contributed by atoms with Crippen LogP contribution >= 0.6 is 0 Å². The molecule has 0 saturated carbocycles. The third kappa shape index (κ3) is 2.03. The van der Waals surface area contributed by atoms with Gasteiger partial charge >= 0.3 is 0 Å². The molecule has 5 heteroatoms. The first kappa shape index (κ1) is 12.3. The third-order valence-corrected chi connectivity index (χ3v) is 3.20. The number of fused-ring (bicyclic) bond motifs is 1. The summed E-state index contributed by atoms with van der Waals surface area (Å²) in [5, 5.41) is 0. The van der Waals surface area contributed by atoms with E-state index in [9.17, 15) is 9.18 Å². The molecule has 3 rings (SSSR count). The van der Waals surface area contributed by atoms with Gasteiger partial charge in [0.1, 0.15) is 11.3 Å². The summed E-state index contributed by atoms with van der Waals surface area (Å²) < 4.78 is 15.5. The summed E-state index contributed by atoms with van der Waals surface area (Å²) in [7, 11) is 0. The molecule has 0 aliphatic rings. The number of carbonyl (C=O) groups is 1. The summed E-state index contributed by atoms with van der Waals surface area (Å²) in [6.07, 6.45) is 3.22. The monoisotopic (exact) mass is 269 g/mol. The molecule has 1 aromatic carbocycles. The van der Waals surface area contributed by atoms with Crippen LogP contribution in [0.5, 0.6) is 0 Å². The summed E-state index contributed by atoms with van der Waals surface area (Å²) in [4.78, 5) is 15.6. The molecule has 0 aliphatic carbocycles. The largest absolute Gasteiger partial charge is 0.365 e. The summed E-state index contributed by atoms with van der Waals surface area (Å²) in [6, 6.07) is 10.1. The fourth-order valence-corrected chi connectivity index (χ4v) is 2.24. The van der Waals surface area contributed by atoms with Crippen molar-refractivity contribution in [1.82, 2.24) is 9.55 Å². The van der Waals surface area contributed by atoms with Crippen molar-refractivity contribution in [2.75, 3.05) is 0 Å². The number of halogens is 1. The number of amides is 1. The molecule has 2 heterocycles. The van der Waals surface area contributed by atoms with Gasteiger partial charge in [0, 0.05) is 18.0 Å². The van der Waals surface area contributed by atoms with Gasteiger partial charge in [0.2, 0.25) is 0 Å². The van der Waals surface area contributed by atoms with Crippen LogP contribution in [0.4, 0.5) is 4.39 Å². The predicted molar refractivity (Wildman–Crippen MR) is 73.8 cm³/mol. The van der Waals surface area contributed by atoms with E-state index in [1.165, 1.54) is 6.07 Å². The van der Waals surface area contributed by atoms with E-state index in [0.29, 0.717) is 23.2 Å². The quantitative estimate of drug-likeness (QED) is 0.793. The van der Waals surface area contributed by atoms with Gasteiger partial charge in [0.05, 0.1) is 17.6 Å². The number of nitrogens with two attached hydrogens (primary N) is 1. The van der Waals surface area contributed by atoms with Crippen molar-refractivity contribution in [2.24, 2.45) is 5.73 Å². The lowest BCUT2D eigenvalue weighted by molar-refractivity contribution is 0.100. The molecule has 0 atom stereocenters. The number of rotatable bonds is 3. The maximum absolute atomic E-state index is 13.7. The fourth-order valence-electron chi connectivity index (χ4n) is 2.24. The zero-order valence-electron chi connectivity index (χ0n) is 10.6. The molecule has 0 radical (unpaired) electrons. The zero-order valence-corrected chi connectivity index (χ0v) is 10.6. The van der Waals surface area contributed by atoms with Crippen LogP contribution in [0.3, 0.4) is 0 Å². The topological polar surface area (TPSA) is 60.9 Å². The van der Waals surface area contributed by atoms with Crippen LogP contribution in [-0.2, 0) is 6.54 Å². The first-order valence-corrected chi connectivity index (χ1v) is 6.14. The van der Waals surface area contributed by atoms with E-state index < -0.39 is 5.91 Å². The molecular formula is C15H12FN3O. The second kappa shape index (κ2) is 4.77. The Balaban J connectivity index is 2.13. The molecular weight excluding hydrogens is 257 g/mol. The normalized spacial score (nSPS) is 10.8. The fraction of sp³-hybridized carbons (Fsp3) is 0.0667. The Morgan fingerprint density at radius 1 is 1.25 bits per heavy atom. The van der Waals surface area contributed by atoms with Crippen molar-refractivity contribution in [2.45, 2.75) is 6.54 Å². The van der Waals surface area contributed by atoms with Crippen LogP contribution in [-0.4, -0.2) is 15.5 Å². The van der Waals surface area contributed by atoms with Gasteiger partial charge in [-0.1, -0.05) is 18.2 Å². The highest BCUT2D eigenvalue weighted by Crippen LogP contribution is 2.20. The van der Waals surface area contributed by atoms with Gasteiger partial charge in [-0.15, -0.1) is 0 Å². The Bertz CT molecular complexity index is 795. The standard InChI is InChI=1S/C15H12FN3O/c16-12-5-2-1-4-10(12)8-19-9-11(15(17)20)14-13(19)6-3-7-18-14/h1-7,9H,8H2,(H2,17,20). The van der Waals surface area contributed by atoms with Gasteiger partial charge in [0.25, 0.3) is 5.91 Å². The molecule has 100 valence electrons. The van der Waals surface area contributed by atoms with Crippen molar-refractivity contribution in [3.8, 4) is 0 Å². The van der Waals surface area contributed by atoms with Crippen molar-refractivity contribution < 1.29 is 9.18 Å². The first-order chi connectivity index (χ1) is 9.66. The number of carbonyl (C=O) groups excluding carboxylic acids is 1. The second-order valence-corrected chi connectivity index (χ2v) is 4.50. The number of primary amides is 1. The summed E-state index contributed by atoms with van der Waals surface area (Å²) in [5.74, 6) is -0.820. The van der Waals surface area contributed by atoms with Gasteiger partial charge in [0.15, 0.2) is 0 Å². The van der Waals surface area contributed by atoms with Gasteiger partial charge < -0.3 is 10.3 Å². The van der Waals surface area contributed by atoms with Crippen LogP contribution in [0.2, 0.25) is 0 Å². The summed E-state index contributed by atoms with van der Waals surface area (Å²) >= 11 is 0. The predicted octanol–water partition coefficient (Wildman–Crippen LogP) is 2.32. The Kier molecular flexibility index (Phi) is 2.95. The highest BCUT2D eigenvalue weighted by Gasteiger charge is 2.14. The molecule has 1 amide bonds. The molecule has 3 aromatic rings. The van der Waals surface area contributed by atoms with E-state index in [-0.39, 0.29) is 5.82 Å². The maximum Gasteiger partial charge on any atom is 0.252 e. The van der Waals surface area contributed by atoms with Gasteiger partial charge in [-0.05, 0) is 18.2 Å². The van der Waals surface area contributed by atoms with Crippen molar-refractivity contribution in [1.29, 1.82) is 0 Å². The molecule has 0 bridgehead atoms. The number of pyridine rings is 1. The van der Waals surface area contributed by atoms with E-state index in [0.717, 1.165) is 5.52 Å². The van der Waals surface area contributed by atoms with Crippen molar-refractivity contribution in [3.63, 3.8) is 0 Å². The van der Waals surface area contributed by atoms with Crippen LogP contribution in [0.1, 0.15) is 15.9 Å². The zero-order chi connectivity index (χ0) is 14.1. The average Bonchev–Trinajstić information content (AvgIpc) is 2.81. The van der Waals surface area contributed by atoms with E-state index in [1.807, 2.05) is 6.07 Å². The van der Waals surface area contributed by atoms with Crippen LogP contribution in [0.15, 0.2) is 48.8 Å².